The van der Waals surface area contributed by atoms with Crippen LogP contribution in [-0.2, 0) is 0 Å². The normalized spacial score (nSPS) is 39.9. The summed E-state index contributed by atoms with van der Waals surface area (Å²) in [5.41, 5.74) is 14.7. The molecule has 3 heteroatoms. The van der Waals surface area contributed by atoms with Crippen molar-refractivity contribution in [3.05, 3.63) is 30.9 Å². The van der Waals surface area contributed by atoms with Gasteiger partial charge in [-0.15, -0.1) is 6.58 Å². The number of anilines is 2. The highest BCUT2D eigenvalue weighted by atomic mass is 16.5. The molecule has 1 aromatic rings. The Balaban J connectivity index is 1.33. The van der Waals surface area contributed by atoms with Gasteiger partial charge in [0.05, 0.1) is 5.69 Å². The van der Waals surface area contributed by atoms with Gasteiger partial charge in [-0.25, -0.2) is 0 Å². The molecule has 9 atom stereocenters. The van der Waals surface area contributed by atoms with Crippen LogP contribution in [0.1, 0.15) is 112 Å². The number of fused-ring (bicyclic) bond motifs is 5. The first-order chi connectivity index (χ1) is 18.4. The molecule has 0 heterocycles. The fourth-order valence-electron chi connectivity index (χ4n) is 11.1. The maximum Gasteiger partial charge on any atom is 0.144 e. The molecule has 5 rings (SSSR count). The second-order valence-corrected chi connectivity index (χ2v) is 15.6. The van der Waals surface area contributed by atoms with E-state index in [1.807, 2.05) is 18.2 Å². The van der Waals surface area contributed by atoms with Crippen LogP contribution in [0.3, 0.4) is 0 Å². The number of nitrogen functional groups attached to an aromatic ring is 2. The van der Waals surface area contributed by atoms with Crippen molar-refractivity contribution in [1.82, 2.24) is 0 Å². The van der Waals surface area contributed by atoms with Gasteiger partial charge in [-0.3, -0.25) is 0 Å². The topological polar surface area (TPSA) is 61.3 Å². The lowest BCUT2D eigenvalue weighted by Gasteiger charge is -2.65. The minimum Gasteiger partial charge on any atom is -0.488 e. The molecular formula is C36H58N2O. The van der Waals surface area contributed by atoms with Crippen LogP contribution < -0.4 is 16.2 Å². The summed E-state index contributed by atoms with van der Waals surface area (Å²) in [7, 11) is 0. The highest BCUT2D eigenvalue weighted by Crippen LogP contribution is 2.71. The molecule has 0 saturated heterocycles. The van der Waals surface area contributed by atoms with Gasteiger partial charge in [0.2, 0.25) is 0 Å². The van der Waals surface area contributed by atoms with Crippen molar-refractivity contribution in [3.8, 4) is 5.75 Å². The molecule has 218 valence electrons. The van der Waals surface area contributed by atoms with Crippen LogP contribution in [0.15, 0.2) is 30.9 Å². The van der Waals surface area contributed by atoms with E-state index in [1.165, 1.54) is 64.2 Å². The van der Waals surface area contributed by atoms with Gasteiger partial charge in [0.1, 0.15) is 11.9 Å². The highest BCUT2D eigenvalue weighted by molar-refractivity contribution is 5.59. The monoisotopic (exact) mass is 534 g/mol. The van der Waals surface area contributed by atoms with Crippen molar-refractivity contribution >= 4 is 11.4 Å². The van der Waals surface area contributed by atoms with Crippen LogP contribution in [0.2, 0.25) is 0 Å². The third kappa shape index (κ3) is 4.82. The van der Waals surface area contributed by atoms with E-state index in [2.05, 4.69) is 54.2 Å². The van der Waals surface area contributed by atoms with Gasteiger partial charge in [-0.2, -0.15) is 0 Å². The molecule has 0 aliphatic heterocycles. The number of hydrogen-bond donors (Lipinski definition) is 2. The Labute approximate surface area is 239 Å². The minimum absolute atomic E-state index is 0.102. The molecule has 1 aromatic carbocycles. The predicted molar refractivity (Wildman–Crippen MR) is 166 cm³/mol. The molecule has 4 aliphatic carbocycles. The summed E-state index contributed by atoms with van der Waals surface area (Å²) in [5, 5.41) is 0. The predicted octanol–water partition coefficient (Wildman–Crippen LogP) is 9.52. The van der Waals surface area contributed by atoms with Gasteiger partial charge >= 0.3 is 0 Å². The zero-order valence-electron chi connectivity index (χ0n) is 26.0. The Morgan fingerprint density at radius 3 is 2.44 bits per heavy atom. The van der Waals surface area contributed by atoms with Gasteiger partial charge in [-0.1, -0.05) is 66.9 Å². The van der Waals surface area contributed by atoms with Crippen molar-refractivity contribution in [3.63, 3.8) is 0 Å². The van der Waals surface area contributed by atoms with Crippen molar-refractivity contribution in [1.29, 1.82) is 0 Å². The zero-order valence-corrected chi connectivity index (χ0v) is 26.0. The van der Waals surface area contributed by atoms with Crippen LogP contribution in [0, 0.1) is 57.7 Å². The third-order valence-electron chi connectivity index (χ3n) is 13.0. The largest absolute Gasteiger partial charge is 0.488 e. The molecule has 3 nitrogen and oxygen atoms in total. The Hall–Kier alpha value is -1.64. The summed E-state index contributed by atoms with van der Waals surface area (Å²) in [4.78, 5) is 0. The SMILES string of the molecule is C=CC12CCC3C(CCC4C(C)(C)C(Oc5cc(N)ccc5N)CCC34C)C1CCC2C(C)CCCC(C)C. The molecule has 9 unspecified atom stereocenters. The molecule has 0 bridgehead atoms. The number of ether oxygens (including phenoxy) is 1. The molecule has 4 fully saturated rings. The lowest BCUT2D eigenvalue weighted by atomic mass is 9.40. The van der Waals surface area contributed by atoms with Gasteiger partial charge in [0.15, 0.2) is 0 Å². The minimum atomic E-state index is 0.102. The second-order valence-electron chi connectivity index (χ2n) is 15.6. The lowest BCUT2D eigenvalue weighted by Crippen LogP contribution is -2.60. The Kier molecular flexibility index (Phi) is 7.88. The smallest absolute Gasteiger partial charge is 0.144 e. The Morgan fingerprint density at radius 2 is 1.72 bits per heavy atom. The van der Waals surface area contributed by atoms with E-state index in [0.717, 1.165) is 53.4 Å². The van der Waals surface area contributed by atoms with Crippen LogP contribution in [0.4, 0.5) is 11.4 Å². The number of benzene rings is 1. The summed E-state index contributed by atoms with van der Waals surface area (Å²) in [6, 6.07) is 5.65. The molecule has 4 aliphatic rings. The van der Waals surface area contributed by atoms with E-state index in [4.69, 9.17) is 16.2 Å². The average molecular weight is 535 g/mol. The summed E-state index contributed by atoms with van der Waals surface area (Å²) in [5.74, 6) is 6.46. The quantitative estimate of drug-likeness (QED) is 0.258. The van der Waals surface area contributed by atoms with Crippen molar-refractivity contribution < 1.29 is 4.74 Å². The van der Waals surface area contributed by atoms with Crippen molar-refractivity contribution in [2.45, 2.75) is 118 Å². The second kappa shape index (κ2) is 10.6. The van der Waals surface area contributed by atoms with Crippen molar-refractivity contribution in [2.24, 2.45) is 57.7 Å². The van der Waals surface area contributed by atoms with Crippen LogP contribution in [-0.4, -0.2) is 6.10 Å². The fraction of sp³-hybridized carbons (Fsp3) is 0.778. The fourth-order valence-corrected chi connectivity index (χ4v) is 11.1. The first-order valence-electron chi connectivity index (χ1n) is 16.4. The third-order valence-corrected chi connectivity index (χ3v) is 13.0. The maximum atomic E-state index is 6.68. The number of hydrogen-bond acceptors (Lipinski definition) is 3. The molecule has 4 N–H and O–H groups in total. The van der Waals surface area contributed by atoms with E-state index in [9.17, 15) is 0 Å². The van der Waals surface area contributed by atoms with Crippen molar-refractivity contribution in [2.75, 3.05) is 11.5 Å². The van der Waals surface area contributed by atoms with Gasteiger partial charge in [0.25, 0.3) is 0 Å². The summed E-state index contributed by atoms with van der Waals surface area (Å²) < 4.78 is 6.68. The molecule has 0 radical (unpaired) electrons. The van der Waals surface area contributed by atoms with Crippen LogP contribution >= 0.6 is 0 Å². The first kappa shape index (κ1) is 28.9. The molecule has 39 heavy (non-hydrogen) atoms. The number of rotatable bonds is 8. The standard InChI is InChI=1S/C36H58N2O/c1-8-36-21-18-28-26(29(36)15-14-27(36)24(4)11-9-10-23(2)3)13-17-32-34(5,6)33(19-20-35(28,32)7)39-31-22-25(37)12-16-30(31)38/h8,12,16,22-24,26-29,32-33H,1,9-11,13-15,17-21,37-38H2,2-7H3. The van der Waals surface area contributed by atoms with E-state index in [1.54, 1.807) is 0 Å². The number of allylic oxidation sites excluding steroid dienone is 1. The van der Waals surface area contributed by atoms with Gasteiger partial charge < -0.3 is 16.2 Å². The van der Waals surface area contributed by atoms with Crippen LogP contribution in [0.25, 0.3) is 0 Å². The molecule has 0 amide bonds. The molecule has 4 saturated carbocycles. The average Bonchev–Trinajstić information content (AvgIpc) is 3.28. The van der Waals surface area contributed by atoms with E-state index in [-0.39, 0.29) is 11.5 Å². The Morgan fingerprint density at radius 1 is 0.949 bits per heavy atom. The van der Waals surface area contributed by atoms with Crippen LogP contribution in [0.5, 0.6) is 5.75 Å². The highest BCUT2D eigenvalue weighted by Gasteiger charge is 2.64. The zero-order chi connectivity index (χ0) is 28.2. The lowest BCUT2D eigenvalue weighted by molar-refractivity contribution is -0.170. The molecular weight excluding hydrogens is 476 g/mol. The number of nitrogens with two attached hydrogens (primary N) is 2. The molecule has 0 spiro atoms. The van der Waals surface area contributed by atoms with Gasteiger partial charge in [0, 0.05) is 17.2 Å². The van der Waals surface area contributed by atoms with Gasteiger partial charge in [-0.05, 0) is 116 Å². The summed E-state index contributed by atoms with van der Waals surface area (Å²) in [6.07, 6.45) is 17.5. The summed E-state index contributed by atoms with van der Waals surface area (Å²) >= 11 is 0. The molecule has 0 aromatic heterocycles. The Bertz CT molecular complexity index is 1030. The first-order valence-corrected chi connectivity index (χ1v) is 16.4. The maximum absolute atomic E-state index is 6.68. The van der Waals surface area contributed by atoms with E-state index in [0.29, 0.717) is 22.4 Å². The van der Waals surface area contributed by atoms with E-state index >= 15 is 0 Å². The van der Waals surface area contributed by atoms with E-state index < -0.39 is 0 Å². The summed E-state index contributed by atoms with van der Waals surface area (Å²) in [6.45, 7) is 19.5.